The minimum absolute atomic E-state index is 0.0750. The topological polar surface area (TPSA) is 82.6 Å². The molecule has 0 unspecified atom stereocenters. The Bertz CT molecular complexity index is 912. The zero-order valence-electron chi connectivity index (χ0n) is 17.2. The summed E-state index contributed by atoms with van der Waals surface area (Å²) < 4.78 is 28.2. The van der Waals surface area contributed by atoms with Gasteiger partial charge in [-0.3, -0.25) is 0 Å². The van der Waals surface area contributed by atoms with Crippen LogP contribution in [0.3, 0.4) is 0 Å². The lowest BCUT2D eigenvalue weighted by molar-refractivity contribution is -0.138. The number of hydrogen-bond acceptors (Lipinski definition) is 7. The van der Waals surface area contributed by atoms with Gasteiger partial charge in [0.1, 0.15) is 31.0 Å². The van der Waals surface area contributed by atoms with Crippen LogP contribution in [0.25, 0.3) is 11.3 Å². The summed E-state index contributed by atoms with van der Waals surface area (Å²) in [6.07, 6.45) is 0.610. The van der Waals surface area contributed by atoms with E-state index in [1.165, 1.54) is 0 Å². The van der Waals surface area contributed by atoms with Gasteiger partial charge >= 0.3 is 5.97 Å². The molecular weight excluding hydrogens is 413 g/mol. The van der Waals surface area contributed by atoms with E-state index in [0.29, 0.717) is 40.8 Å². The molecule has 1 aliphatic heterocycles. The molecule has 2 atom stereocenters. The van der Waals surface area contributed by atoms with Gasteiger partial charge < -0.3 is 19.5 Å². The number of nitrogens with one attached hydrogen (secondary N) is 1. The van der Waals surface area contributed by atoms with E-state index in [4.69, 9.17) is 35.8 Å². The van der Waals surface area contributed by atoms with Crippen molar-refractivity contribution in [3.8, 4) is 17.0 Å². The number of methoxy groups -OCH3 is 1. The fourth-order valence-corrected chi connectivity index (χ4v) is 3.55. The van der Waals surface area contributed by atoms with Crippen molar-refractivity contribution < 1.29 is 23.4 Å². The van der Waals surface area contributed by atoms with Crippen LogP contribution in [0.4, 0.5) is 10.2 Å². The number of ether oxygens (including phenoxy) is 3. The van der Waals surface area contributed by atoms with Crippen LogP contribution in [0, 0.1) is 0 Å². The van der Waals surface area contributed by atoms with Gasteiger partial charge in [-0.15, -0.1) is 0 Å². The molecule has 2 aromatic rings. The zero-order chi connectivity index (χ0) is 21.7. The Morgan fingerprint density at radius 2 is 2.03 bits per heavy atom. The second-order valence-electron chi connectivity index (χ2n) is 6.72. The maximum absolute atomic E-state index is 12.5. The first-order chi connectivity index (χ1) is 14.5. The van der Waals surface area contributed by atoms with Crippen LogP contribution < -0.4 is 10.1 Å². The maximum atomic E-state index is 12.5. The number of nitrogens with zero attached hydrogens (tertiary/aromatic N) is 2. The first-order valence-corrected chi connectivity index (χ1v) is 10.2. The van der Waals surface area contributed by atoms with Crippen molar-refractivity contribution in [2.45, 2.75) is 38.8 Å². The number of halogens is 2. The molecule has 0 saturated carbocycles. The van der Waals surface area contributed by atoms with E-state index in [-0.39, 0.29) is 13.2 Å². The predicted octanol–water partition coefficient (Wildman–Crippen LogP) is 3.62. The van der Waals surface area contributed by atoms with Crippen molar-refractivity contribution in [3.05, 3.63) is 34.6 Å². The zero-order valence-corrected chi connectivity index (χ0v) is 18.0. The Labute approximate surface area is 179 Å². The molecule has 1 aromatic carbocycles. The van der Waals surface area contributed by atoms with Crippen LogP contribution in [0.2, 0.25) is 5.02 Å². The van der Waals surface area contributed by atoms with Gasteiger partial charge in [0.15, 0.2) is 6.04 Å². The van der Waals surface area contributed by atoms with Gasteiger partial charge in [0, 0.05) is 5.56 Å². The summed E-state index contributed by atoms with van der Waals surface area (Å²) in [6.45, 7) is 3.27. The third kappa shape index (κ3) is 4.65. The van der Waals surface area contributed by atoms with Crippen molar-refractivity contribution in [1.29, 1.82) is 0 Å². The second-order valence-corrected chi connectivity index (χ2v) is 7.12. The van der Waals surface area contributed by atoms with Gasteiger partial charge in [0.2, 0.25) is 0 Å². The molecule has 0 radical (unpaired) electrons. The number of hydrogen-bond donors (Lipinski definition) is 1. The van der Waals surface area contributed by atoms with Crippen LogP contribution in [-0.4, -0.2) is 55.1 Å². The molecule has 0 bridgehead atoms. The van der Waals surface area contributed by atoms with Crippen LogP contribution >= 0.6 is 11.6 Å². The first kappa shape index (κ1) is 22.2. The van der Waals surface area contributed by atoms with E-state index < -0.39 is 24.8 Å². The Kier molecular flexibility index (Phi) is 7.44. The smallest absolute Gasteiger partial charge is 0.331 e. The number of cyclic esters (lactones) is 1. The van der Waals surface area contributed by atoms with Crippen LogP contribution in [0.5, 0.6) is 5.75 Å². The molecule has 162 valence electrons. The van der Waals surface area contributed by atoms with Crippen LogP contribution in [0.15, 0.2) is 18.2 Å². The summed E-state index contributed by atoms with van der Waals surface area (Å²) in [5.41, 5.74) is 2.85. The number of aryl methyl sites for hydroxylation is 2. The summed E-state index contributed by atoms with van der Waals surface area (Å²) in [4.78, 5) is 21.7. The molecule has 0 spiro atoms. The first-order valence-electron chi connectivity index (χ1n) is 9.86. The molecule has 0 amide bonds. The van der Waals surface area contributed by atoms with Crippen LogP contribution in [-0.2, 0) is 27.1 Å². The molecule has 1 aromatic heterocycles. The van der Waals surface area contributed by atoms with Gasteiger partial charge in [-0.1, -0.05) is 25.4 Å². The lowest BCUT2D eigenvalue weighted by atomic mass is 10.1. The van der Waals surface area contributed by atoms with E-state index in [2.05, 4.69) is 5.32 Å². The summed E-state index contributed by atoms with van der Waals surface area (Å²) in [5, 5.41) is 3.62. The molecule has 2 heterocycles. The summed E-state index contributed by atoms with van der Waals surface area (Å²) in [6, 6.07) is 4.64. The molecule has 1 saturated heterocycles. The lowest BCUT2D eigenvalue weighted by Gasteiger charge is -2.20. The Hall–Kier alpha value is -2.45. The SMILES string of the molecule is CCc1nc(-c2ccc(OC)cc2Cl)c(CC)nc1N[C@@H]1C(=O)OC[C@@H]1OCCF. The standard InChI is InChI=1S/C21H25ClFN3O4/c1-4-15-18(13-7-6-12(28-3)10-14(13)22)24-16(5-2)20(25-15)26-19-17(29-9-8-23)11-30-21(19)27/h6-7,10,17,19H,4-5,8-9,11H2,1-3H3,(H,25,26)/t17-,19-/m0/s1. The fourth-order valence-electron chi connectivity index (χ4n) is 3.29. The average molecular weight is 438 g/mol. The highest BCUT2D eigenvalue weighted by Crippen LogP contribution is 2.33. The van der Waals surface area contributed by atoms with Gasteiger partial charge in [-0.25, -0.2) is 19.2 Å². The normalized spacial score (nSPS) is 18.4. The molecule has 7 nitrogen and oxygen atoms in total. The second kappa shape index (κ2) is 10.0. The van der Waals surface area contributed by atoms with E-state index in [9.17, 15) is 9.18 Å². The lowest BCUT2D eigenvalue weighted by Crippen LogP contribution is -2.38. The third-order valence-electron chi connectivity index (χ3n) is 4.86. The average Bonchev–Trinajstić information content (AvgIpc) is 3.11. The minimum Gasteiger partial charge on any atom is -0.497 e. The minimum atomic E-state index is -0.767. The highest BCUT2D eigenvalue weighted by molar-refractivity contribution is 6.33. The molecule has 3 rings (SSSR count). The van der Waals surface area contributed by atoms with Crippen molar-refractivity contribution in [2.24, 2.45) is 0 Å². The summed E-state index contributed by atoms with van der Waals surface area (Å²) in [5.74, 6) is 0.686. The molecule has 1 fully saturated rings. The molecule has 0 aliphatic carbocycles. The van der Waals surface area contributed by atoms with Gasteiger partial charge in [-0.05, 0) is 31.0 Å². The molecular formula is C21H25ClFN3O4. The quantitative estimate of drug-likeness (QED) is 0.600. The highest BCUT2D eigenvalue weighted by Gasteiger charge is 2.38. The molecule has 1 aliphatic rings. The van der Waals surface area contributed by atoms with Crippen molar-refractivity contribution in [2.75, 3.05) is 32.3 Å². The van der Waals surface area contributed by atoms with Crippen LogP contribution in [0.1, 0.15) is 25.2 Å². The Morgan fingerprint density at radius 1 is 1.27 bits per heavy atom. The largest absolute Gasteiger partial charge is 0.497 e. The number of benzene rings is 1. The number of carbonyl (C=O) groups excluding carboxylic acids is 1. The van der Waals surface area contributed by atoms with Crippen molar-refractivity contribution in [1.82, 2.24) is 9.97 Å². The summed E-state index contributed by atoms with van der Waals surface area (Å²) >= 11 is 6.46. The monoisotopic (exact) mass is 437 g/mol. The number of alkyl halides is 1. The van der Waals surface area contributed by atoms with Crippen molar-refractivity contribution in [3.63, 3.8) is 0 Å². The summed E-state index contributed by atoms with van der Waals surface area (Å²) in [7, 11) is 1.58. The van der Waals surface area contributed by atoms with E-state index >= 15 is 0 Å². The van der Waals surface area contributed by atoms with Gasteiger partial charge in [-0.2, -0.15) is 0 Å². The molecule has 9 heteroatoms. The predicted molar refractivity (Wildman–Crippen MR) is 112 cm³/mol. The number of carbonyl (C=O) groups is 1. The molecule has 30 heavy (non-hydrogen) atoms. The third-order valence-corrected chi connectivity index (χ3v) is 5.17. The Balaban J connectivity index is 1.96. The van der Waals surface area contributed by atoms with E-state index in [0.717, 1.165) is 11.3 Å². The number of anilines is 1. The number of esters is 1. The Morgan fingerprint density at radius 3 is 2.67 bits per heavy atom. The fraction of sp³-hybridized carbons (Fsp3) is 0.476. The van der Waals surface area contributed by atoms with E-state index in [1.807, 2.05) is 26.0 Å². The van der Waals surface area contributed by atoms with E-state index in [1.54, 1.807) is 13.2 Å². The van der Waals surface area contributed by atoms with Gasteiger partial charge in [0.05, 0.1) is 35.8 Å². The molecule has 1 N–H and O–H groups in total. The number of aromatic nitrogens is 2. The maximum Gasteiger partial charge on any atom is 0.331 e. The highest BCUT2D eigenvalue weighted by atomic mass is 35.5. The number of rotatable bonds is 9. The van der Waals surface area contributed by atoms with Gasteiger partial charge in [0.25, 0.3) is 0 Å². The van der Waals surface area contributed by atoms with Crippen molar-refractivity contribution >= 4 is 23.4 Å².